The summed E-state index contributed by atoms with van der Waals surface area (Å²) in [4.78, 5) is 15.7. The lowest BCUT2D eigenvalue weighted by atomic mass is 10.1. The Balaban J connectivity index is 3.06. The molecule has 0 bridgehead atoms. The fourth-order valence-electron chi connectivity index (χ4n) is 1.62. The second kappa shape index (κ2) is 13.2. The largest absolute Gasteiger partial charge is 0.367 e. The first kappa shape index (κ1) is 16.2. The average Bonchev–Trinajstić information content (AvgIpc) is 2.32. The predicted octanol–water partition coefficient (Wildman–Crippen LogP) is 3.75. The first-order valence-corrected chi connectivity index (χ1v) is 6.87. The molecule has 0 rings (SSSR count). The summed E-state index contributed by atoms with van der Waals surface area (Å²) >= 11 is 0. The molecule has 0 saturated heterocycles. The van der Waals surface area contributed by atoms with Crippen LogP contribution in [0.3, 0.4) is 0 Å². The lowest BCUT2D eigenvalue weighted by molar-refractivity contribution is -0.144. The Labute approximate surface area is 106 Å². The Morgan fingerprint density at radius 1 is 1.06 bits per heavy atom. The molecule has 100 valence electrons. The van der Waals surface area contributed by atoms with Crippen LogP contribution in [0.2, 0.25) is 0 Å². The number of unbranched alkanes of at least 4 members (excludes halogenated alkanes) is 7. The van der Waals surface area contributed by atoms with E-state index < -0.39 is 0 Å². The maximum absolute atomic E-state index is 10.9. The number of hydrogen-bond donors (Lipinski definition) is 1. The van der Waals surface area contributed by atoms with Gasteiger partial charge >= 0.3 is 5.97 Å². The number of allylic oxidation sites excluding steroid dienone is 1. The molecule has 0 saturated carbocycles. The fourth-order valence-corrected chi connectivity index (χ4v) is 1.62. The van der Waals surface area contributed by atoms with E-state index in [2.05, 4.69) is 12.4 Å². The Morgan fingerprint density at radius 3 is 2.24 bits per heavy atom. The molecule has 0 radical (unpaired) electrons. The maximum atomic E-state index is 10.9. The van der Waals surface area contributed by atoms with Gasteiger partial charge in [0, 0.05) is 12.6 Å². The van der Waals surface area contributed by atoms with Gasteiger partial charge < -0.3 is 4.84 Å². The van der Waals surface area contributed by atoms with E-state index in [0.29, 0.717) is 0 Å². The minimum Gasteiger partial charge on any atom is -0.367 e. The van der Waals surface area contributed by atoms with Crippen LogP contribution in [0.4, 0.5) is 0 Å². The van der Waals surface area contributed by atoms with Crippen LogP contribution in [-0.2, 0) is 9.63 Å². The van der Waals surface area contributed by atoms with Crippen molar-refractivity contribution in [3.8, 4) is 0 Å². The summed E-state index contributed by atoms with van der Waals surface area (Å²) < 4.78 is 0. The number of hydrogen-bond acceptors (Lipinski definition) is 3. The quantitative estimate of drug-likeness (QED) is 0.340. The summed E-state index contributed by atoms with van der Waals surface area (Å²) in [6, 6.07) is 0. The average molecular weight is 241 g/mol. The number of nitrogens with one attached hydrogen (secondary N) is 1. The van der Waals surface area contributed by atoms with Crippen LogP contribution < -0.4 is 5.48 Å². The highest BCUT2D eigenvalue weighted by Crippen LogP contribution is 2.07. The van der Waals surface area contributed by atoms with E-state index in [1.165, 1.54) is 51.0 Å². The molecule has 0 aliphatic carbocycles. The maximum Gasteiger partial charge on any atom is 0.349 e. The van der Waals surface area contributed by atoms with Gasteiger partial charge in [0.05, 0.1) is 0 Å². The van der Waals surface area contributed by atoms with Gasteiger partial charge in [-0.2, -0.15) is 5.48 Å². The van der Waals surface area contributed by atoms with E-state index in [1.54, 1.807) is 13.0 Å². The van der Waals surface area contributed by atoms with Crippen molar-refractivity contribution in [1.82, 2.24) is 5.48 Å². The van der Waals surface area contributed by atoms with Crippen LogP contribution >= 0.6 is 0 Å². The second-order valence-corrected chi connectivity index (χ2v) is 4.29. The summed E-state index contributed by atoms with van der Waals surface area (Å²) in [5.41, 5.74) is 2.68. The highest BCUT2D eigenvalue weighted by atomic mass is 16.7. The molecule has 0 aromatic heterocycles. The van der Waals surface area contributed by atoms with E-state index in [0.717, 1.165) is 13.0 Å². The summed E-state index contributed by atoms with van der Waals surface area (Å²) in [5, 5.41) is 0. The van der Waals surface area contributed by atoms with E-state index in [1.807, 2.05) is 0 Å². The van der Waals surface area contributed by atoms with E-state index in [9.17, 15) is 4.79 Å². The second-order valence-electron chi connectivity index (χ2n) is 4.29. The molecule has 0 heterocycles. The summed E-state index contributed by atoms with van der Waals surface area (Å²) in [6.07, 6.45) is 13.4. The predicted molar refractivity (Wildman–Crippen MR) is 71.5 cm³/mol. The van der Waals surface area contributed by atoms with Crippen LogP contribution in [0.15, 0.2) is 12.2 Å². The highest BCUT2D eigenvalue weighted by molar-refractivity contribution is 5.81. The molecule has 1 N–H and O–H groups in total. The number of rotatable bonds is 11. The van der Waals surface area contributed by atoms with Crippen molar-refractivity contribution in [2.24, 2.45) is 0 Å². The molecular weight excluding hydrogens is 214 g/mol. The zero-order valence-electron chi connectivity index (χ0n) is 11.3. The normalized spacial score (nSPS) is 10.9. The molecule has 0 unspecified atom stereocenters. The number of carbonyl (C=O) groups is 1. The summed E-state index contributed by atoms with van der Waals surface area (Å²) in [7, 11) is 0. The van der Waals surface area contributed by atoms with E-state index >= 15 is 0 Å². The third kappa shape index (κ3) is 13.1. The lowest BCUT2D eigenvalue weighted by Gasteiger charge is -2.03. The SMILES string of the molecule is CC=CC(=O)ONCCCCCCCCCC. The molecule has 0 fully saturated rings. The van der Waals surface area contributed by atoms with Crippen molar-refractivity contribution < 1.29 is 9.63 Å². The van der Waals surface area contributed by atoms with Crippen LogP contribution in [0.5, 0.6) is 0 Å². The molecule has 0 atom stereocenters. The minimum atomic E-state index is -0.327. The molecule has 17 heavy (non-hydrogen) atoms. The molecule has 3 nitrogen and oxygen atoms in total. The molecule has 3 heteroatoms. The van der Waals surface area contributed by atoms with Gasteiger partial charge in [0.15, 0.2) is 0 Å². The zero-order valence-corrected chi connectivity index (χ0v) is 11.3. The van der Waals surface area contributed by atoms with Gasteiger partial charge in [0.1, 0.15) is 0 Å². The lowest BCUT2D eigenvalue weighted by Crippen LogP contribution is -2.19. The molecule has 0 aromatic carbocycles. The van der Waals surface area contributed by atoms with Gasteiger partial charge in [-0.05, 0) is 13.3 Å². The molecular formula is C14H27NO2. The van der Waals surface area contributed by atoms with Crippen molar-refractivity contribution in [3.05, 3.63) is 12.2 Å². The third-order valence-electron chi connectivity index (χ3n) is 2.61. The standard InChI is InChI=1S/C14H27NO2/c1-3-5-6-7-8-9-10-11-13-15-17-14(16)12-4-2/h4,12,15H,3,5-11,13H2,1-2H3. The van der Waals surface area contributed by atoms with Crippen molar-refractivity contribution in [1.29, 1.82) is 0 Å². The van der Waals surface area contributed by atoms with Crippen molar-refractivity contribution in [3.63, 3.8) is 0 Å². The fraction of sp³-hybridized carbons (Fsp3) is 0.786. The molecule has 0 amide bonds. The van der Waals surface area contributed by atoms with Gasteiger partial charge in [-0.25, -0.2) is 4.79 Å². The van der Waals surface area contributed by atoms with Crippen LogP contribution in [-0.4, -0.2) is 12.5 Å². The third-order valence-corrected chi connectivity index (χ3v) is 2.61. The Bertz CT molecular complexity index is 202. The smallest absolute Gasteiger partial charge is 0.349 e. The van der Waals surface area contributed by atoms with E-state index in [4.69, 9.17) is 4.84 Å². The highest BCUT2D eigenvalue weighted by Gasteiger charge is 1.95. The van der Waals surface area contributed by atoms with Crippen molar-refractivity contribution in [2.45, 2.75) is 65.2 Å². The molecule has 0 aliphatic rings. The van der Waals surface area contributed by atoms with Crippen LogP contribution in [0.25, 0.3) is 0 Å². The van der Waals surface area contributed by atoms with E-state index in [-0.39, 0.29) is 5.97 Å². The monoisotopic (exact) mass is 241 g/mol. The molecule has 0 spiro atoms. The first-order valence-electron chi connectivity index (χ1n) is 6.87. The van der Waals surface area contributed by atoms with Gasteiger partial charge in [0.2, 0.25) is 0 Å². The molecule has 0 aliphatic heterocycles. The Hall–Kier alpha value is -0.830. The summed E-state index contributed by atoms with van der Waals surface area (Å²) in [5.74, 6) is -0.327. The zero-order chi connectivity index (χ0) is 12.8. The van der Waals surface area contributed by atoms with Crippen LogP contribution in [0.1, 0.15) is 65.2 Å². The Morgan fingerprint density at radius 2 is 1.65 bits per heavy atom. The number of hydroxylamine groups is 1. The molecule has 0 aromatic rings. The minimum absolute atomic E-state index is 0.327. The van der Waals surface area contributed by atoms with Crippen molar-refractivity contribution in [2.75, 3.05) is 6.54 Å². The van der Waals surface area contributed by atoms with Crippen LogP contribution in [0, 0.1) is 0 Å². The number of carbonyl (C=O) groups excluding carboxylic acids is 1. The summed E-state index contributed by atoms with van der Waals surface area (Å²) in [6.45, 7) is 4.78. The Kier molecular flexibility index (Phi) is 12.6. The van der Waals surface area contributed by atoms with Gasteiger partial charge in [0.25, 0.3) is 0 Å². The van der Waals surface area contributed by atoms with Gasteiger partial charge in [-0.3, -0.25) is 0 Å². The van der Waals surface area contributed by atoms with Gasteiger partial charge in [-0.1, -0.05) is 57.9 Å². The first-order chi connectivity index (χ1) is 8.31. The topological polar surface area (TPSA) is 38.3 Å². The van der Waals surface area contributed by atoms with Crippen molar-refractivity contribution >= 4 is 5.97 Å². The van der Waals surface area contributed by atoms with Gasteiger partial charge in [-0.15, -0.1) is 0 Å².